The minimum absolute atomic E-state index is 0.0489. The lowest BCUT2D eigenvalue weighted by Gasteiger charge is -2.37. The molecule has 1 aliphatic heterocycles. The van der Waals surface area contributed by atoms with Gasteiger partial charge in [0.05, 0.1) is 6.04 Å². The number of rotatable bonds is 7. The summed E-state index contributed by atoms with van der Waals surface area (Å²) in [5.41, 5.74) is 4.03. The Labute approximate surface area is 199 Å². The van der Waals surface area contributed by atoms with Crippen molar-refractivity contribution in [2.75, 3.05) is 26.2 Å². The molecular formula is C27H30N2O3S. The van der Waals surface area contributed by atoms with Crippen molar-refractivity contribution in [3.8, 4) is 5.75 Å². The Balaban J connectivity index is 1.51. The molecule has 0 unspecified atom stereocenters. The van der Waals surface area contributed by atoms with Crippen LogP contribution in [-0.2, 0) is 11.2 Å². The Kier molecular flexibility index (Phi) is 7.14. The van der Waals surface area contributed by atoms with Crippen LogP contribution in [0.1, 0.15) is 44.9 Å². The Morgan fingerprint density at radius 1 is 1.12 bits per heavy atom. The lowest BCUT2D eigenvalue weighted by atomic mass is 10.00. The third-order valence-corrected chi connectivity index (χ3v) is 7.15. The molecule has 0 aliphatic carbocycles. The number of hydrogen-bond donors (Lipinski definition) is 0. The third kappa shape index (κ3) is 5.11. The average Bonchev–Trinajstić information content (AvgIpc) is 3.31. The number of nitrogens with zero attached hydrogens (tertiary/aromatic N) is 2. The molecular weight excluding hydrogens is 432 g/mol. The van der Waals surface area contributed by atoms with Gasteiger partial charge in [0.15, 0.2) is 0 Å². The van der Waals surface area contributed by atoms with Crippen molar-refractivity contribution in [1.29, 1.82) is 0 Å². The van der Waals surface area contributed by atoms with Gasteiger partial charge in [0, 0.05) is 23.5 Å². The summed E-state index contributed by atoms with van der Waals surface area (Å²) in [7, 11) is 0. The Morgan fingerprint density at radius 2 is 1.91 bits per heavy atom. The zero-order valence-electron chi connectivity index (χ0n) is 19.4. The number of benzene rings is 2. The van der Waals surface area contributed by atoms with Crippen LogP contribution in [0, 0.1) is 13.8 Å². The van der Waals surface area contributed by atoms with Crippen molar-refractivity contribution in [2.45, 2.75) is 33.2 Å². The van der Waals surface area contributed by atoms with E-state index in [1.54, 1.807) is 28.4 Å². The van der Waals surface area contributed by atoms with Crippen LogP contribution in [-0.4, -0.2) is 47.9 Å². The number of hydrogen-bond acceptors (Lipinski definition) is 4. The van der Waals surface area contributed by atoms with Gasteiger partial charge in [-0.15, -0.1) is 11.3 Å². The molecule has 0 saturated carbocycles. The van der Waals surface area contributed by atoms with Gasteiger partial charge in [-0.1, -0.05) is 35.9 Å². The number of aryl methyl sites for hydroxylation is 2. The second-order valence-corrected chi connectivity index (χ2v) is 9.42. The first-order chi connectivity index (χ1) is 16.0. The molecule has 2 heterocycles. The number of amides is 2. The Morgan fingerprint density at radius 3 is 2.64 bits per heavy atom. The first kappa shape index (κ1) is 23.1. The molecule has 0 bridgehead atoms. The molecule has 33 heavy (non-hydrogen) atoms. The third-order valence-electron chi connectivity index (χ3n) is 6.16. The zero-order chi connectivity index (χ0) is 23.4. The second-order valence-electron chi connectivity index (χ2n) is 8.42. The lowest BCUT2D eigenvalue weighted by molar-refractivity contribution is -0.135. The van der Waals surface area contributed by atoms with E-state index in [-0.39, 0.29) is 24.4 Å². The number of thiophene rings is 1. The summed E-state index contributed by atoms with van der Waals surface area (Å²) in [5, 5.41) is 2.08. The summed E-state index contributed by atoms with van der Waals surface area (Å²) in [4.78, 5) is 31.2. The van der Waals surface area contributed by atoms with Crippen molar-refractivity contribution in [3.05, 3.63) is 87.1 Å². The lowest BCUT2D eigenvalue weighted by Crippen LogP contribution is -2.47. The molecule has 5 nitrogen and oxygen atoms in total. The van der Waals surface area contributed by atoms with Gasteiger partial charge in [-0.05, 0) is 68.0 Å². The largest absolute Gasteiger partial charge is 0.491 e. The van der Waals surface area contributed by atoms with E-state index in [0.29, 0.717) is 25.3 Å². The van der Waals surface area contributed by atoms with Gasteiger partial charge >= 0.3 is 0 Å². The monoisotopic (exact) mass is 462 g/mol. The van der Waals surface area contributed by atoms with Gasteiger partial charge in [-0.25, -0.2) is 0 Å². The fraction of sp³-hybridized carbons (Fsp3) is 0.333. The highest BCUT2D eigenvalue weighted by molar-refractivity contribution is 7.10. The van der Waals surface area contributed by atoms with Crippen LogP contribution < -0.4 is 4.74 Å². The van der Waals surface area contributed by atoms with Gasteiger partial charge in [0.1, 0.15) is 18.9 Å². The normalized spacial score (nSPS) is 15.1. The molecule has 0 saturated heterocycles. The molecule has 0 fully saturated rings. The number of fused-ring (bicyclic) bond motifs is 1. The maximum atomic E-state index is 13.4. The van der Waals surface area contributed by atoms with Crippen LogP contribution in [0.3, 0.4) is 0 Å². The Bertz CT molecular complexity index is 1130. The van der Waals surface area contributed by atoms with Gasteiger partial charge in [-0.3, -0.25) is 9.59 Å². The van der Waals surface area contributed by atoms with Gasteiger partial charge in [0.2, 0.25) is 5.91 Å². The molecule has 0 N–H and O–H groups in total. The minimum Gasteiger partial charge on any atom is -0.491 e. The molecule has 1 atom stereocenters. The first-order valence-corrected chi connectivity index (χ1v) is 12.3. The summed E-state index contributed by atoms with van der Waals surface area (Å²) in [6.07, 6.45) is 0.831. The maximum absolute atomic E-state index is 13.4. The topological polar surface area (TPSA) is 49.9 Å². The van der Waals surface area contributed by atoms with Gasteiger partial charge < -0.3 is 14.5 Å². The van der Waals surface area contributed by atoms with E-state index in [4.69, 9.17) is 4.74 Å². The van der Waals surface area contributed by atoms with Crippen molar-refractivity contribution in [3.63, 3.8) is 0 Å². The predicted octanol–water partition coefficient (Wildman–Crippen LogP) is 5.03. The summed E-state index contributed by atoms with van der Waals surface area (Å²) in [6.45, 7) is 7.55. The number of carbonyl (C=O) groups excluding carboxylic acids is 2. The van der Waals surface area contributed by atoms with Crippen LogP contribution in [0.4, 0.5) is 0 Å². The molecule has 1 aromatic heterocycles. The van der Waals surface area contributed by atoms with Crippen molar-refractivity contribution < 1.29 is 14.3 Å². The molecule has 6 heteroatoms. The van der Waals surface area contributed by atoms with Crippen LogP contribution in [0.2, 0.25) is 0 Å². The average molecular weight is 463 g/mol. The van der Waals surface area contributed by atoms with E-state index < -0.39 is 0 Å². The van der Waals surface area contributed by atoms with E-state index in [9.17, 15) is 9.59 Å². The summed E-state index contributed by atoms with van der Waals surface area (Å²) in [6, 6.07) is 17.2. The van der Waals surface area contributed by atoms with Crippen molar-refractivity contribution >= 4 is 23.2 Å². The Hall–Kier alpha value is -3.12. The smallest absolute Gasteiger partial charge is 0.254 e. The highest BCUT2D eigenvalue weighted by Crippen LogP contribution is 2.34. The molecule has 0 spiro atoms. The molecule has 1 aliphatic rings. The van der Waals surface area contributed by atoms with Crippen LogP contribution in [0.15, 0.2) is 60.0 Å². The zero-order valence-corrected chi connectivity index (χ0v) is 20.2. The molecule has 172 valence electrons. The quantitative estimate of drug-likeness (QED) is 0.495. The standard InChI is InChI=1S/C27H30N2O3S/c1-4-28(27(31)21-8-6-5-7-9-21)17-26(30)29-14-12-25-22(13-15-33-25)23(29)18-32-24-11-10-19(2)16-20(24)3/h5-11,13,15-16,23H,4,12,14,17-18H2,1-3H3/t23-/m0/s1. The highest BCUT2D eigenvalue weighted by atomic mass is 32.1. The number of carbonyl (C=O) groups is 2. The number of ether oxygens (including phenoxy) is 1. The van der Waals surface area contributed by atoms with E-state index in [2.05, 4.69) is 24.4 Å². The summed E-state index contributed by atoms with van der Waals surface area (Å²) in [5.74, 6) is 0.666. The minimum atomic E-state index is -0.168. The SMILES string of the molecule is CCN(CC(=O)N1CCc2sccc2[C@@H]1COc1ccc(C)cc1C)C(=O)c1ccccc1. The van der Waals surface area contributed by atoms with Crippen molar-refractivity contribution in [2.24, 2.45) is 0 Å². The molecule has 4 rings (SSSR count). The van der Waals surface area contributed by atoms with E-state index in [1.165, 1.54) is 10.4 Å². The molecule has 2 aromatic carbocycles. The fourth-order valence-electron chi connectivity index (χ4n) is 4.35. The van der Waals surface area contributed by atoms with E-state index >= 15 is 0 Å². The van der Waals surface area contributed by atoms with E-state index in [1.807, 2.05) is 49.1 Å². The second kappa shape index (κ2) is 10.2. The highest BCUT2D eigenvalue weighted by Gasteiger charge is 2.33. The number of likely N-dealkylation sites (N-methyl/N-ethyl adjacent to an activating group) is 1. The summed E-state index contributed by atoms with van der Waals surface area (Å²) >= 11 is 1.73. The van der Waals surface area contributed by atoms with Crippen molar-refractivity contribution in [1.82, 2.24) is 9.80 Å². The van der Waals surface area contributed by atoms with Gasteiger partial charge in [0.25, 0.3) is 5.91 Å². The van der Waals surface area contributed by atoms with Crippen LogP contribution in [0.5, 0.6) is 5.75 Å². The fourth-order valence-corrected chi connectivity index (χ4v) is 5.28. The van der Waals surface area contributed by atoms with E-state index in [0.717, 1.165) is 23.3 Å². The molecule has 0 radical (unpaired) electrons. The van der Waals surface area contributed by atoms with Gasteiger partial charge in [-0.2, -0.15) is 0 Å². The van der Waals surface area contributed by atoms with Crippen LogP contribution >= 0.6 is 11.3 Å². The summed E-state index contributed by atoms with van der Waals surface area (Å²) < 4.78 is 6.22. The molecule has 3 aromatic rings. The molecule has 2 amide bonds. The first-order valence-electron chi connectivity index (χ1n) is 11.4. The predicted molar refractivity (Wildman–Crippen MR) is 132 cm³/mol. The maximum Gasteiger partial charge on any atom is 0.254 e. The van der Waals surface area contributed by atoms with Crippen LogP contribution in [0.25, 0.3) is 0 Å².